The van der Waals surface area contributed by atoms with Crippen molar-refractivity contribution in [2.24, 2.45) is 0 Å². The van der Waals surface area contributed by atoms with Crippen LogP contribution in [0.2, 0.25) is 0 Å². The van der Waals surface area contributed by atoms with Crippen molar-refractivity contribution in [2.75, 3.05) is 6.54 Å². The Morgan fingerprint density at radius 2 is 2.33 bits per heavy atom. The molecule has 0 spiro atoms. The molecule has 0 bridgehead atoms. The third kappa shape index (κ3) is 3.75. The van der Waals surface area contributed by atoms with E-state index >= 15 is 0 Å². The smallest absolute Gasteiger partial charge is 0.252 e. The summed E-state index contributed by atoms with van der Waals surface area (Å²) in [6.07, 6.45) is 2.18. The van der Waals surface area contributed by atoms with Crippen LogP contribution in [0.25, 0.3) is 0 Å². The maximum Gasteiger partial charge on any atom is 0.252 e. The molecule has 15 heavy (non-hydrogen) atoms. The summed E-state index contributed by atoms with van der Waals surface area (Å²) in [6, 6.07) is 2.79. The van der Waals surface area contributed by atoms with Crippen molar-refractivity contribution in [1.82, 2.24) is 10.3 Å². The fourth-order valence-electron chi connectivity index (χ4n) is 1.00. The quantitative estimate of drug-likeness (QED) is 0.759. The van der Waals surface area contributed by atoms with E-state index in [0.717, 1.165) is 6.42 Å². The Hall–Kier alpha value is -1.29. The summed E-state index contributed by atoms with van der Waals surface area (Å²) in [5, 5.41) is 2.62. The number of halogens is 1. The zero-order valence-electron chi connectivity index (χ0n) is 8.42. The lowest BCUT2D eigenvalue weighted by Gasteiger charge is -2.07. The van der Waals surface area contributed by atoms with Gasteiger partial charge < -0.3 is 10.3 Å². The molecule has 1 aromatic heterocycles. The molecule has 1 rings (SSSR count). The van der Waals surface area contributed by atoms with E-state index in [4.69, 9.17) is 11.6 Å². The number of nitrogens with one attached hydrogen (secondary N) is 2. The summed E-state index contributed by atoms with van der Waals surface area (Å²) < 4.78 is 0. The molecule has 0 aliphatic carbocycles. The summed E-state index contributed by atoms with van der Waals surface area (Å²) in [7, 11) is 0. The summed E-state index contributed by atoms with van der Waals surface area (Å²) in [5.41, 5.74) is 0.199. The van der Waals surface area contributed by atoms with E-state index in [-0.39, 0.29) is 16.8 Å². The van der Waals surface area contributed by atoms with Crippen LogP contribution in [0.3, 0.4) is 0 Å². The van der Waals surface area contributed by atoms with Crippen molar-refractivity contribution in [1.29, 1.82) is 0 Å². The highest BCUT2D eigenvalue weighted by Crippen LogP contribution is 1.99. The van der Waals surface area contributed by atoms with E-state index in [0.29, 0.717) is 12.1 Å². The Morgan fingerprint density at radius 1 is 1.60 bits per heavy atom. The topological polar surface area (TPSA) is 62.0 Å². The van der Waals surface area contributed by atoms with Crippen LogP contribution in [-0.2, 0) is 0 Å². The molecule has 1 atom stereocenters. The summed E-state index contributed by atoms with van der Waals surface area (Å²) >= 11 is 5.85. The van der Waals surface area contributed by atoms with Crippen molar-refractivity contribution in [3.8, 4) is 0 Å². The largest absolute Gasteiger partial charge is 0.351 e. The van der Waals surface area contributed by atoms with Crippen LogP contribution in [0.5, 0.6) is 0 Å². The molecule has 4 nitrogen and oxygen atoms in total. The molecule has 0 saturated heterocycles. The first-order valence-corrected chi connectivity index (χ1v) is 5.18. The van der Waals surface area contributed by atoms with Crippen LogP contribution in [0.4, 0.5) is 0 Å². The number of rotatable bonds is 4. The van der Waals surface area contributed by atoms with Crippen LogP contribution < -0.4 is 10.9 Å². The number of amides is 1. The number of carbonyl (C=O) groups is 1. The van der Waals surface area contributed by atoms with Crippen molar-refractivity contribution in [2.45, 2.75) is 18.7 Å². The number of carbonyl (C=O) groups excluding carboxylic acids is 1. The predicted octanol–water partition coefficient (Wildman–Crippen LogP) is 1.12. The van der Waals surface area contributed by atoms with E-state index in [1.54, 1.807) is 0 Å². The van der Waals surface area contributed by atoms with Crippen molar-refractivity contribution < 1.29 is 4.79 Å². The van der Waals surface area contributed by atoms with Gasteiger partial charge in [0.25, 0.3) is 5.91 Å². The van der Waals surface area contributed by atoms with E-state index in [9.17, 15) is 9.59 Å². The van der Waals surface area contributed by atoms with E-state index in [1.165, 1.54) is 18.3 Å². The van der Waals surface area contributed by atoms with Gasteiger partial charge in [-0.1, -0.05) is 6.92 Å². The molecule has 1 aromatic rings. The van der Waals surface area contributed by atoms with Gasteiger partial charge in [0.1, 0.15) is 0 Å². The third-order valence-corrected chi connectivity index (χ3v) is 2.44. The van der Waals surface area contributed by atoms with E-state index in [2.05, 4.69) is 10.3 Å². The molecule has 0 saturated carbocycles. The number of aromatic amines is 1. The van der Waals surface area contributed by atoms with Gasteiger partial charge in [-0.25, -0.2) is 0 Å². The Labute approximate surface area is 92.7 Å². The first-order valence-electron chi connectivity index (χ1n) is 4.74. The highest BCUT2D eigenvalue weighted by atomic mass is 35.5. The highest BCUT2D eigenvalue weighted by Gasteiger charge is 2.07. The number of hydrogen-bond donors (Lipinski definition) is 2. The number of hydrogen-bond acceptors (Lipinski definition) is 2. The molecule has 0 fully saturated rings. The molecule has 0 aliphatic heterocycles. The first-order chi connectivity index (χ1) is 7.13. The Bertz CT molecular complexity index is 369. The molecule has 2 N–H and O–H groups in total. The molecule has 1 heterocycles. The number of aromatic nitrogens is 1. The Kier molecular flexibility index (Phi) is 4.37. The van der Waals surface area contributed by atoms with Crippen LogP contribution >= 0.6 is 11.6 Å². The van der Waals surface area contributed by atoms with Gasteiger partial charge in [-0.15, -0.1) is 11.6 Å². The number of alkyl halides is 1. The Morgan fingerprint density at radius 3 is 2.87 bits per heavy atom. The van der Waals surface area contributed by atoms with Gasteiger partial charge in [0.15, 0.2) is 0 Å². The lowest BCUT2D eigenvalue weighted by atomic mass is 10.2. The average molecular weight is 229 g/mol. The number of pyridine rings is 1. The van der Waals surface area contributed by atoms with Gasteiger partial charge in [-0.2, -0.15) is 0 Å². The minimum Gasteiger partial charge on any atom is -0.351 e. The van der Waals surface area contributed by atoms with Crippen LogP contribution in [-0.4, -0.2) is 22.8 Å². The zero-order valence-corrected chi connectivity index (χ0v) is 9.17. The molecule has 0 aromatic carbocycles. The molecule has 1 amide bonds. The molecular formula is C10H13ClN2O2. The lowest BCUT2D eigenvalue weighted by molar-refractivity contribution is 0.0953. The van der Waals surface area contributed by atoms with Gasteiger partial charge in [0.05, 0.1) is 10.9 Å². The highest BCUT2D eigenvalue weighted by molar-refractivity contribution is 6.20. The van der Waals surface area contributed by atoms with Crippen LogP contribution in [0, 0.1) is 0 Å². The van der Waals surface area contributed by atoms with Crippen molar-refractivity contribution in [3.63, 3.8) is 0 Å². The second-order valence-electron chi connectivity index (χ2n) is 3.16. The lowest BCUT2D eigenvalue weighted by Crippen LogP contribution is -2.29. The van der Waals surface area contributed by atoms with Gasteiger partial charge in [-0.05, 0) is 12.5 Å². The molecule has 0 radical (unpaired) electrons. The maximum atomic E-state index is 11.5. The summed E-state index contributed by atoms with van der Waals surface area (Å²) in [5.74, 6) is -0.231. The third-order valence-electron chi connectivity index (χ3n) is 1.97. The van der Waals surface area contributed by atoms with Crippen LogP contribution in [0.15, 0.2) is 23.1 Å². The SMILES string of the molecule is CCC(Cl)CNC(=O)c1ccc(=O)[nH]c1. The molecule has 0 aliphatic rings. The fraction of sp³-hybridized carbons (Fsp3) is 0.400. The van der Waals surface area contributed by atoms with E-state index < -0.39 is 0 Å². The second kappa shape index (κ2) is 5.56. The Balaban J connectivity index is 2.54. The number of H-pyrrole nitrogens is 1. The predicted molar refractivity (Wildman–Crippen MR) is 59.3 cm³/mol. The van der Waals surface area contributed by atoms with Crippen molar-refractivity contribution in [3.05, 3.63) is 34.2 Å². The van der Waals surface area contributed by atoms with E-state index in [1.807, 2.05) is 6.92 Å². The standard InChI is InChI=1S/C10H13ClN2O2/c1-2-8(11)6-13-10(15)7-3-4-9(14)12-5-7/h3-5,8H,2,6H2,1H3,(H,12,14)(H,13,15). The van der Waals surface area contributed by atoms with Gasteiger partial charge in [-0.3, -0.25) is 9.59 Å². The average Bonchev–Trinajstić information content (AvgIpc) is 2.26. The molecule has 5 heteroatoms. The van der Waals surface area contributed by atoms with Gasteiger partial charge >= 0.3 is 0 Å². The van der Waals surface area contributed by atoms with Gasteiger partial charge in [0.2, 0.25) is 5.56 Å². The normalized spacial score (nSPS) is 12.1. The minimum atomic E-state index is -0.231. The summed E-state index contributed by atoms with van der Waals surface area (Å²) in [6.45, 7) is 2.37. The maximum absolute atomic E-state index is 11.5. The fourth-order valence-corrected chi connectivity index (χ4v) is 1.08. The molecular weight excluding hydrogens is 216 g/mol. The molecule has 82 valence electrons. The van der Waals surface area contributed by atoms with Crippen LogP contribution in [0.1, 0.15) is 23.7 Å². The second-order valence-corrected chi connectivity index (χ2v) is 3.77. The first kappa shape index (κ1) is 11.8. The monoisotopic (exact) mass is 228 g/mol. The molecule has 1 unspecified atom stereocenters. The van der Waals surface area contributed by atoms with Gasteiger partial charge in [0, 0.05) is 18.8 Å². The summed E-state index contributed by atoms with van der Waals surface area (Å²) in [4.78, 5) is 24.7. The van der Waals surface area contributed by atoms with Crippen molar-refractivity contribution >= 4 is 17.5 Å². The zero-order chi connectivity index (χ0) is 11.3. The minimum absolute atomic E-state index is 0.0586.